The molecule has 0 atom stereocenters. The summed E-state index contributed by atoms with van der Waals surface area (Å²) in [5.41, 5.74) is 3.52. The molecule has 0 aromatic heterocycles. The summed E-state index contributed by atoms with van der Waals surface area (Å²) in [4.78, 5) is 0. The van der Waals surface area contributed by atoms with E-state index in [2.05, 4.69) is 22.4 Å². The molecule has 0 fully saturated rings. The highest BCUT2D eigenvalue weighted by Crippen LogP contribution is 2.22. The van der Waals surface area contributed by atoms with E-state index < -0.39 is 0 Å². The van der Waals surface area contributed by atoms with Crippen molar-refractivity contribution in [3.8, 4) is 11.5 Å². The van der Waals surface area contributed by atoms with Crippen LogP contribution in [-0.4, -0.2) is 32.1 Å². The van der Waals surface area contributed by atoms with E-state index in [-0.39, 0.29) is 0 Å². The minimum Gasteiger partial charge on any atom is -0.497 e. The van der Waals surface area contributed by atoms with Crippen LogP contribution in [-0.2, 0) is 0 Å². The number of rotatable bonds is 6. The first kappa shape index (κ1) is 15.0. The lowest BCUT2D eigenvalue weighted by Gasteiger charge is -2.07. The number of hydrazone groups is 1. The zero-order valence-corrected chi connectivity index (χ0v) is 11.8. The van der Waals surface area contributed by atoms with Gasteiger partial charge in [0, 0.05) is 18.2 Å². The largest absolute Gasteiger partial charge is 0.497 e. The van der Waals surface area contributed by atoms with E-state index in [1.54, 1.807) is 32.6 Å². The highest BCUT2D eigenvalue weighted by atomic mass is 32.1. The Balaban J connectivity index is 2.65. The van der Waals surface area contributed by atoms with Gasteiger partial charge in [-0.05, 0) is 24.4 Å². The minimum atomic E-state index is 0.434. The molecule has 102 valence electrons. The van der Waals surface area contributed by atoms with Crippen molar-refractivity contribution in [3.63, 3.8) is 0 Å². The molecule has 0 amide bonds. The van der Waals surface area contributed by atoms with Gasteiger partial charge in [0.2, 0.25) is 0 Å². The molecule has 0 saturated carbocycles. The SMILES string of the molecule is C=CCNC(=S)N/N=C/c1ccc(OC)cc1OC. The molecular formula is C13H17N3O2S. The standard InChI is InChI=1S/C13H17N3O2S/c1-4-7-14-13(19)16-15-9-10-5-6-11(17-2)8-12(10)18-3/h4-6,8-9H,1,7H2,2-3H3,(H2,14,16,19)/b15-9+. The number of hydrogen-bond acceptors (Lipinski definition) is 4. The second-order valence-corrected chi connectivity index (χ2v) is 3.88. The van der Waals surface area contributed by atoms with Crippen LogP contribution in [0.25, 0.3) is 0 Å². The van der Waals surface area contributed by atoms with E-state index in [1.165, 1.54) is 0 Å². The monoisotopic (exact) mass is 279 g/mol. The van der Waals surface area contributed by atoms with Crippen molar-refractivity contribution < 1.29 is 9.47 Å². The Bertz CT molecular complexity index is 475. The van der Waals surface area contributed by atoms with Crippen molar-refractivity contribution >= 4 is 23.5 Å². The van der Waals surface area contributed by atoms with Gasteiger partial charge in [0.05, 0.1) is 20.4 Å². The quantitative estimate of drug-likeness (QED) is 0.359. The summed E-state index contributed by atoms with van der Waals surface area (Å²) in [5, 5.41) is 7.36. The van der Waals surface area contributed by atoms with Gasteiger partial charge in [-0.2, -0.15) is 5.10 Å². The summed E-state index contributed by atoms with van der Waals surface area (Å²) in [6, 6.07) is 5.47. The number of methoxy groups -OCH3 is 2. The van der Waals surface area contributed by atoms with Gasteiger partial charge in [-0.1, -0.05) is 6.08 Å². The highest BCUT2D eigenvalue weighted by Gasteiger charge is 2.02. The van der Waals surface area contributed by atoms with Gasteiger partial charge < -0.3 is 14.8 Å². The Kier molecular flexibility index (Phi) is 6.38. The zero-order chi connectivity index (χ0) is 14.1. The molecular weight excluding hydrogens is 262 g/mol. The first-order chi connectivity index (χ1) is 9.21. The van der Waals surface area contributed by atoms with Gasteiger partial charge in [-0.15, -0.1) is 6.58 Å². The summed E-state index contributed by atoms with van der Waals surface area (Å²) in [5.74, 6) is 1.40. The second kappa shape index (κ2) is 8.10. The molecule has 0 bridgehead atoms. The van der Waals surface area contributed by atoms with Crippen LogP contribution in [0.1, 0.15) is 5.56 Å². The smallest absolute Gasteiger partial charge is 0.187 e. The van der Waals surface area contributed by atoms with Gasteiger partial charge in [0.1, 0.15) is 11.5 Å². The third kappa shape index (κ3) is 4.97. The number of benzene rings is 1. The molecule has 0 unspecified atom stereocenters. The van der Waals surface area contributed by atoms with Crippen molar-refractivity contribution in [2.45, 2.75) is 0 Å². The Morgan fingerprint density at radius 2 is 2.21 bits per heavy atom. The van der Waals surface area contributed by atoms with Crippen LogP contribution in [0.2, 0.25) is 0 Å². The van der Waals surface area contributed by atoms with Crippen LogP contribution >= 0.6 is 12.2 Å². The maximum atomic E-state index is 5.25. The minimum absolute atomic E-state index is 0.434. The fourth-order valence-electron chi connectivity index (χ4n) is 1.29. The number of thiocarbonyl (C=S) groups is 1. The van der Waals surface area contributed by atoms with Crippen molar-refractivity contribution in [1.82, 2.24) is 10.7 Å². The molecule has 1 aromatic rings. The predicted octanol–water partition coefficient (Wildman–Crippen LogP) is 1.69. The molecule has 5 nitrogen and oxygen atoms in total. The van der Waals surface area contributed by atoms with Crippen molar-refractivity contribution in [1.29, 1.82) is 0 Å². The van der Waals surface area contributed by atoms with Gasteiger partial charge in [-0.3, -0.25) is 5.43 Å². The predicted molar refractivity (Wildman–Crippen MR) is 81.1 cm³/mol. The van der Waals surface area contributed by atoms with E-state index in [4.69, 9.17) is 21.7 Å². The van der Waals surface area contributed by atoms with E-state index in [0.717, 1.165) is 11.3 Å². The summed E-state index contributed by atoms with van der Waals surface area (Å²) >= 11 is 5.00. The molecule has 2 N–H and O–H groups in total. The number of nitrogens with zero attached hydrogens (tertiary/aromatic N) is 1. The van der Waals surface area contributed by atoms with E-state index >= 15 is 0 Å². The fraction of sp³-hybridized carbons (Fsp3) is 0.231. The highest BCUT2D eigenvalue weighted by molar-refractivity contribution is 7.80. The van der Waals surface area contributed by atoms with Crippen LogP contribution in [0.4, 0.5) is 0 Å². The Labute approximate surface area is 118 Å². The number of hydrogen-bond donors (Lipinski definition) is 2. The van der Waals surface area contributed by atoms with Gasteiger partial charge in [0.25, 0.3) is 0 Å². The molecule has 1 aromatic carbocycles. The van der Waals surface area contributed by atoms with Crippen LogP contribution in [0.15, 0.2) is 36.0 Å². The van der Waals surface area contributed by atoms with Gasteiger partial charge >= 0.3 is 0 Å². The van der Waals surface area contributed by atoms with Gasteiger partial charge in [-0.25, -0.2) is 0 Å². The first-order valence-electron chi connectivity index (χ1n) is 5.61. The lowest BCUT2D eigenvalue weighted by molar-refractivity contribution is 0.394. The van der Waals surface area contributed by atoms with Crippen molar-refractivity contribution in [3.05, 3.63) is 36.4 Å². The average Bonchev–Trinajstić information content (AvgIpc) is 2.45. The van der Waals surface area contributed by atoms with Crippen molar-refractivity contribution in [2.24, 2.45) is 5.10 Å². The molecule has 0 saturated heterocycles. The van der Waals surface area contributed by atoms with Crippen molar-refractivity contribution in [2.75, 3.05) is 20.8 Å². The molecule has 1 rings (SSSR count). The molecule has 0 spiro atoms. The van der Waals surface area contributed by atoms with Gasteiger partial charge in [0.15, 0.2) is 5.11 Å². The maximum absolute atomic E-state index is 5.25. The first-order valence-corrected chi connectivity index (χ1v) is 6.02. The van der Waals surface area contributed by atoms with E-state index in [0.29, 0.717) is 17.4 Å². The number of nitrogens with one attached hydrogen (secondary N) is 2. The lowest BCUT2D eigenvalue weighted by atomic mass is 10.2. The average molecular weight is 279 g/mol. The Morgan fingerprint density at radius 3 is 2.84 bits per heavy atom. The zero-order valence-electron chi connectivity index (χ0n) is 11.0. The molecule has 0 radical (unpaired) electrons. The Hall–Kier alpha value is -2.08. The third-order valence-electron chi connectivity index (χ3n) is 2.22. The molecule has 0 aliphatic carbocycles. The molecule has 0 heterocycles. The second-order valence-electron chi connectivity index (χ2n) is 3.48. The van der Waals surface area contributed by atoms with Crippen LogP contribution in [0.3, 0.4) is 0 Å². The summed E-state index contributed by atoms with van der Waals surface area (Å²) in [6.45, 7) is 4.17. The molecule has 19 heavy (non-hydrogen) atoms. The molecule has 0 aliphatic rings. The topological polar surface area (TPSA) is 54.9 Å². The van der Waals surface area contributed by atoms with E-state index in [1.807, 2.05) is 12.1 Å². The lowest BCUT2D eigenvalue weighted by Crippen LogP contribution is -2.31. The summed E-state index contributed by atoms with van der Waals surface area (Å²) in [7, 11) is 3.20. The maximum Gasteiger partial charge on any atom is 0.187 e. The van der Waals surface area contributed by atoms with Crippen LogP contribution < -0.4 is 20.2 Å². The fourth-order valence-corrected chi connectivity index (χ4v) is 1.43. The summed E-state index contributed by atoms with van der Waals surface area (Å²) in [6.07, 6.45) is 3.34. The molecule has 6 heteroatoms. The van der Waals surface area contributed by atoms with E-state index in [9.17, 15) is 0 Å². The van der Waals surface area contributed by atoms with Crippen LogP contribution in [0.5, 0.6) is 11.5 Å². The third-order valence-corrected chi connectivity index (χ3v) is 2.45. The normalized spacial score (nSPS) is 10.0. The number of ether oxygens (including phenoxy) is 2. The molecule has 0 aliphatic heterocycles. The Morgan fingerprint density at radius 1 is 1.42 bits per heavy atom. The summed E-state index contributed by atoms with van der Waals surface area (Å²) < 4.78 is 10.4. The van der Waals surface area contributed by atoms with Crippen LogP contribution in [0, 0.1) is 0 Å².